The van der Waals surface area contributed by atoms with Crippen LogP contribution in [-0.4, -0.2) is 61.8 Å². The molecule has 2 aliphatic rings. The maximum atomic E-state index is 11.6. The summed E-state index contributed by atoms with van der Waals surface area (Å²) >= 11 is 0. The first-order chi connectivity index (χ1) is 8.25. The Kier molecular flexibility index (Phi) is 4.05. The summed E-state index contributed by atoms with van der Waals surface area (Å²) in [6.07, 6.45) is 0.0728. The van der Waals surface area contributed by atoms with Gasteiger partial charge in [0.15, 0.2) is 0 Å². The quantitative estimate of drug-likeness (QED) is 0.614. The van der Waals surface area contributed by atoms with Crippen LogP contribution in [0.4, 0.5) is 0 Å². The first kappa shape index (κ1) is 12.0. The molecule has 0 unspecified atom stereocenters. The Balaban J connectivity index is 1.64. The molecule has 94 valence electrons. The highest BCUT2D eigenvalue weighted by molar-refractivity contribution is 6.43. The number of morpholine rings is 1. The van der Waals surface area contributed by atoms with Gasteiger partial charge in [0.05, 0.1) is 19.6 Å². The lowest BCUT2D eigenvalue weighted by Gasteiger charge is -2.26. The fourth-order valence-electron chi connectivity index (χ4n) is 1.75. The molecule has 0 aromatic rings. The van der Waals surface area contributed by atoms with Gasteiger partial charge in [-0.15, -0.1) is 0 Å². The summed E-state index contributed by atoms with van der Waals surface area (Å²) < 4.78 is 5.23. The van der Waals surface area contributed by atoms with E-state index in [1.54, 1.807) is 0 Å². The van der Waals surface area contributed by atoms with Gasteiger partial charge >= 0.3 is 0 Å². The molecule has 0 aromatic heterocycles. The molecule has 7 heteroatoms. The van der Waals surface area contributed by atoms with E-state index in [1.807, 2.05) is 0 Å². The van der Waals surface area contributed by atoms with Crippen LogP contribution in [0.3, 0.4) is 0 Å². The van der Waals surface area contributed by atoms with E-state index in [-0.39, 0.29) is 23.9 Å². The van der Waals surface area contributed by atoms with Crippen LogP contribution < -0.4 is 10.7 Å². The molecule has 17 heavy (non-hydrogen) atoms. The van der Waals surface area contributed by atoms with Crippen LogP contribution in [0.1, 0.15) is 6.42 Å². The van der Waals surface area contributed by atoms with Gasteiger partial charge in [0, 0.05) is 26.2 Å². The van der Waals surface area contributed by atoms with E-state index in [1.165, 1.54) is 0 Å². The highest BCUT2D eigenvalue weighted by Gasteiger charge is 2.21. The molecule has 2 amide bonds. The number of hydrogen-bond acceptors (Lipinski definition) is 5. The molecule has 0 aromatic carbocycles. The number of carbonyl (C=O) groups excluding carboxylic acids is 2. The molecule has 0 spiro atoms. The third-order valence-electron chi connectivity index (χ3n) is 2.72. The molecular formula is C10H16N4O3. The third-order valence-corrected chi connectivity index (χ3v) is 2.72. The number of carbonyl (C=O) groups is 2. The molecule has 0 aliphatic carbocycles. The smallest absolute Gasteiger partial charge is 0.268 e. The number of rotatable bonds is 4. The molecular weight excluding hydrogens is 224 g/mol. The predicted octanol–water partition coefficient (Wildman–Crippen LogP) is -1.69. The number of ether oxygens (including phenoxy) is 1. The second kappa shape index (κ2) is 5.74. The van der Waals surface area contributed by atoms with Gasteiger partial charge in [-0.25, -0.2) is 5.43 Å². The Morgan fingerprint density at radius 1 is 1.47 bits per heavy atom. The van der Waals surface area contributed by atoms with Gasteiger partial charge < -0.3 is 10.1 Å². The standard InChI is InChI=1S/C10H16N4O3/c15-9-7-8(12-13-9)10(16)11-1-2-14-3-5-17-6-4-14/h1-7H2,(H,11,16)(H,13,15). The second-order valence-corrected chi connectivity index (χ2v) is 3.98. The number of nitrogens with one attached hydrogen (secondary N) is 2. The lowest BCUT2D eigenvalue weighted by molar-refractivity contribution is -0.120. The zero-order chi connectivity index (χ0) is 12.1. The topological polar surface area (TPSA) is 83.0 Å². The van der Waals surface area contributed by atoms with E-state index >= 15 is 0 Å². The van der Waals surface area contributed by atoms with Crippen LogP contribution in [0.15, 0.2) is 5.10 Å². The van der Waals surface area contributed by atoms with Gasteiger partial charge in [-0.1, -0.05) is 0 Å². The van der Waals surface area contributed by atoms with E-state index in [0.717, 1.165) is 32.8 Å². The monoisotopic (exact) mass is 240 g/mol. The molecule has 2 aliphatic heterocycles. The summed E-state index contributed by atoms with van der Waals surface area (Å²) in [6.45, 7) is 4.65. The maximum absolute atomic E-state index is 11.6. The number of hydrazone groups is 1. The van der Waals surface area contributed by atoms with Gasteiger partial charge in [0.2, 0.25) is 5.91 Å². The molecule has 2 N–H and O–H groups in total. The van der Waals surface area contributed by atoms with Crippen molar-refractivity contribution in [3.8, 4) is 0 Å². The largest absolute Gasteiger partial charge is 0.379 e. The average Bonchev–Trinajstić information content (AvgIpc) is 2.77. The van der Waals surface area contributed by atoms with Gasteiger partial charge in [-0.3, -0.25) is 14.5 Å². The van der Waals surface area contributed by atoms with E-state index in [4.69, 9.17) is 4.74 Å². The molecule has 0 atom stereocenters. The van der Waals surface area contributed by atoms with Crippen molar-refractivity contribution in [2.75, 3.05) is 39.4 Å². The second-order valence-electron chi connectivity index (χ2n) is 3.98. The lowest BCUT2D eigenvalue weighted by atomic mass is 10.2. The molecule has 1 saturated heterocycles. The fraction of sp³-hybridized carbons (Fsp3) is 0.700. The Bertz CT molecular complexity index is 336. The molecule has 2 rings (SSSR count). The fourth-order valence-corrected chi connectivity index (χ4v) is 1.75. The van der Waals surface area contributed by atoms with E-state index in [9.17, 15) is 9.59 Å². The van der Waals surface area contributed by atoms with E-state index < -0.39 is 0 Å². The van der Waals surface area contributed by atoms with Crippen molar-refractivity contribution in [3.63, 3.8) is 0 Å². The molecule has 0 bridgehead atoms. The third kappa shape index (κ3) is 3.50. The van der Waals surface area contributed by atoms with Crippen molar-refractivity contribution in [1.82, 2.24) is 15.6 Å². The number of amides is 2. The van der Waals surface area contributed by atoms with E-state index in [2.05, 4.69) is 20.7 Å². The Labute approximate surface area is 99.2 Å². The van der Waals surface area contributed by atoms with Crippen LogP contribution in [0.25, 0.3) is 0 Å². The molecule has 0 radical (unpaired) electrons. The van der Waals surface area contributed by atoms with Crippen molar-refractivity contribution in [3.05, 3.63) is 0 Å². The van der Waals surface area contributed by atoms with E-state index in [0.29, 0.717) is 6.54 Å². The first-order valence-electron chi connectivity index (χ1n) is 5.69. The number of nitrogens with zero attached hydrogens (tertiary/aromatic N) is 2. The average molecular weight is 240 g/mol. The highest BCUT2D eigenvalue weighted by atomic mass is 16.5. The summed E-state index contributed by atoms with van der Waals surface area (Å²) in [5, 5.41) is 6.40. The van der Waals surface area contributed by atoms with Crippen LogP contribution in [0.2, 0.25) is 0 Å². The van der Waals surface area contributed by atoms with Crippen LogP contribution >= 0.6 is 0 Å². The molecule has 1 fully saturated rings. The molecule has 0 saturated carbocycles. The highest BCUT2D eigenvalue weighted by Crippen LogP contribution is 1.96. The normalized spacial score (nSPS) is 20.9. The Hall–Kier alpha value is -1.47. The maximum Gasteiger partial charge on any atom is 0.268 e. The van der Waals surface area contributed by atoms with Crippen molar-refractivity contribution in [1.29, 1.82) is 0 Å². The zero-order valence-electron chi connectivity index (χ0n) is 9.57. The summed E-state index contributed by atoms with van der Waals surface area (Å²) in [4.78, 5) is 24.6. The molecule has 2 heterocycles. The minimum atomic E-state index is -0.267. The summed E-state index contributed by atoms with van der Waals surface area (Å²) in [5.74, 6) is -0.500. The predicted molar refractivity (Wildman–Crippen MR) is 60.5 cm³/mol. The van der Waals surface area contributed by atoms with Gasteiger partial charge in [-0.2, -0.15) is 5.10 Å². The van der Waals surface area contributed by atoms with Crippen LogP contribution in [-0.2, 0) is 14.3 Å². The van der Waals surface area contributed by atoms with Gasteiger partial charge in [-0.05, 0) is 0 Å². The Morgan fingerprint density at radius 2 is 2.24 bits per heavy atom. The SMILES string of the molecule is O=C1CC(C(=O)NCCN2CCOCC2)=NN1. The summed E-state index contributed by atoms with van der Waals surface area (Å²) in [7, 11) is 0. The van der Waals surface area contributed by atoms with Crippen molar-refractivity contribution >= 4 is 17.5 Å². The molecule has 7 nitrogen and oxygen atoms in total. The minimum Gasteiger partial charge on any atom is -0.379 e. The van der Waals surface area contributed by atoms with Gasteiger partial charge in [0.1, 0.15) is 5.71 Å². The van der Waals surface area contributed by atoms with Crippen molar-refractivity contribution in [2.45, 2.75) is 6.42 Å². The minimum absolute atomic E-state index is 0.0728. The Morgan fingerprint density at radius 3 is 2.88 bits per heavy atom. The lowest BCUT2D eigenvalue weighted by Crippen LogP contribution is -2.42. The van der Waals surface area contributed by atoms with Crippen LogP contribution in [0, 0.1) is 0 Å². The van der Waals surface area contributed by atoms with Crippen LogP contribution in [0.5, 0.6) is 0 Å². The van der Waals surface area contributed by atoms with Gasteiger partial charge in [0.25, 0.3) is 5.91 Å². The first-order valence-corrected chi connectivity index (χ1v) is 5.69. The van der Waals surface area contributed by atoms with Crippen molar-refractivity contribution < 1.29 is 14.3 Å². The summed E-state index contributed by atoms with van der Waals surface area (Å²) in [5.41, 5.74) is 2.51. The van der Waals surface area contributed by atoms with Crippen molar-refractivity contribution in [2.24, 2.45) is 5.10 Å². The zero-order valence-corrected chi connectivity index (χ0v) is 9.57. The summed E-state index contributed by atoms with van der Waals surface area (Å²) in [6, 6.07) is 0. The number of hydrogen-bond donors (Lipinski definition) is 2.